The first kappa shape index (κ1) is 20.7. The van der Waals surface area contributed by atoms with Crippen molar-refractivity contribution >= 4 is 12.0 Å². The van der Waals surface area contributed by atoms with Crippen molar-refractivity contribution < 1.29 is 4.79 Å². The number of carbonyl (C=O) groups excluding carboxylic acids is 1. The second-order valence-corrected chi connectivity index (χ2v) is 8.01. The first-order valence-electron chi connectivity index (χ1n) is 10.1. The highest BCUT2D eigenvalue weighted by Gasteiger charge is 2.30. The van der Waals surface area contributed by atoms with E-state index in [1.54, 1.807) is 0 Å². The van der Waals surface area contributed by atoms with Crippen LogP contribution in [0.5, 0.6) is 0 Å². The van der Waals surface area contributed by atoms with E-state index in [1.807, 2.05) is 26.1 Å². The summed E-state index contributed by atoms with van der Waals surface area (Å²) in [6, 6.07) is 16.7. The Hall–Kier alpha value is -3.07. The van der Waals surface area contributed by atoms with Crippen LogP contribution in [0.4, 0.5) is 5.69 Å². The first-order valence-corrected chi connectivity index (χ1v) is 10.1. The van der Waals surface area contributed by atoms with E-state index in [4.69, 9.17) is 0 Å². The van der Waals surface area contributed by atoms with E-state index in [0.717, 1.165) is 35.4 Å². The zero-order valence-electron chi connectivity index (χ0n) is 18.0. The van der Waals surface area contributed by atoms with Crippen LogP contribution in [0.3, 0.4) is 0 Å². The standard InChI is InChI=1S/C26H30N2O/c1-18-10-12-21(13-11-18)28-20(3)23(17-29)22-16-26(4,15-14-25(22)27-5)24-9-7-6-8-19(24)2/h6-14,16-17,27-28H,15H2,1-5H3/b23-20+. The van der Waals surface area contributed by atoms with Crippen molar-refractivity contribution in [1.82, 2.24) is 5.32 Å². The van der Waals surface area contributed by atoms with Crippen LogP contribution in [0.25, 0.3) is 0 Å². The van der Waals surface area contributed by atoms with E-state index < -0.39 is 0 Å². The topological polar surface area (TPSA) is 41.1 Å². The predicted octanol–water partition coefficient (Wildman–Crippen LogP) is 5.58. The molecule has 2 aromatic rings. The molecule has 1 aliphatic rings. The van der Waals surface area contributed by atoms with Crippen LogP contribution >= 0.6 is 0 Å². The molecule has 3 rings (SSSR count). The van der Waals surface area contributed by atoms with Gasteiger partial charge in [-0.1, -0.05) is 61.0 Å². The van der Waals surface area contributed by atoms with Crippen LogP contribution in [0, 0.1) is 13.8 Å². The summed E-state index contributed by atoms with van der Waals surface area (Å²) in [7, 11) is 1.90. The molecule has 3 nitrogen and oxygen atoms in total. The lowest BCUT2D eigenvalue weighted by molar-refractivity contribution is -0.104. The van der Waals surface area contributed by atoms with Gasteiger partial charge in [0.15, 0.2) is 6.29 Å². The number of likely N-dealkylation sites (N-methyl/N-ethyl adjacent to an activating group) is 1. The SMILES string of the molecule is CNC1=CCC(C)(c2ccccc2C)C=C1/C(C=O)=C(\C)Nc1ccc(C)cc1. The number of hydrogen-bond acceptors (Lipinski definition) is 3. The molecule has 0 heterocycles. The van der Waals surface area contributed by atoms with Crippen LogP contribution in [0.2, 0.25) is 0 Å². The largest absolute Gasteiger partial charge is 0.388 e. The van der Waals surface area contributed by atoms with E-state index in [0.29, 0.717) is 5.57 Å². The third kappa shape index (κ3) is 4.34. The molecule has 0 radical (unpaired) electrons. The highest BCUT2D eigenvalue weighted by Crippen LogP contribution is 2.39. The Morgan fingerprint density at radius 3 is 2.38 bits per heavy atom. The highest BCUT2D eigenvalue weighted by molar-refractivity contribution is 5.85. The van der Waals surface area contributed by atoms with Gasteiger partial charge in [0.2, 0.25) is 0 Å². The maximum absolute atomic E-state index is 12.2. The summed E-state index contributed by atoms with van der Waals surface area (Å²) in [5.74, 6) is 0. The molecule has 0 fully saturated rings. The van der Waals surface area contributed by atoms with Gasteiger partial charge in [0.1, 0.15) is 0 Å². The molecule has 2 N–H and O–H groups in total. The van der Waals surface area contributed by atoms with Gasteiger partial charge in [0, 0.05) is 40.7 Å². The zero-order valence-corrected chi connectivity index (χ0v) is 18.0. The second kappa shape index (κ2) is 8.52. The highest BCUT2D eigenvalue weighted by atomic mass is 16.1. The monoisotopic (exact) mass is 386 g/mol. The minimum Gasteiger partial charge on any atom is -0.388 e. The van der Waals surface area contributed by atoms with Crippen molar-refractivity contribution in [3.05, 3.63) is 99.9 Å². The lowest BCUT2D eigenvalue weighted by Crippen LogP contribution is -2.27. The number of carbonyl (C=O) groups is 1. The Balaban J connectivity index is 2.06. The summed E-state index contributed by atoms with van der Waals surface area (Å²) in [5.41, 5.74) is 8.00. The molecule has 0 aromatic heterocycles. The number of benzene rings is 2. The number of aldehydes is 1. The van der Waals surface area contributed by atoms with E-state index in [2.05, 4.69) is 80.0 Å². The molecule has 150 valence electrons. The maximum atomic E-state index is 12.2. The minimum atomic E-state index is -0.167. The fourth-order valence-corrected chi connectivity index (χ4v) is 4.01. The molecule has 0 spiro atoms. The van der Waals surface area contributed by atoms with Gasteiger partial charge in [-0.25, -0.2) is 0 Å². The third-order valence-corrected chi connectivity index (χ3v) is 5.71. The number of anilines is 1. The molecule has 0 bridgehead atoms. The maximum Gasteiger partial charge on any atom is 0.152 e. The van der Waals surface area contributed by atoms with E-state index in [9.17, 15) is 4.79 Å². The van der Waals surface area contributed by atoms with Crippen molar-refractivity contribution in [1.29, 1.82) is 0 Å². The molecule has 0 saturated carbocycles. The molecule has 1 aliphatic carbocycles. The smallest absolute Gasteiger partial charge is 0.152 e. The molecule has 3 heteroatoms. The fraction of sp³-hybridized carbons (Fsp3) is 0.269. The normalized spacial score (nSPS) is 19.6. The predicted molar refractivity (Wildman–Crippen MR) is 122 cm³/mol. The van der Waals surface area contributed by atoms with Gasteiger partial charge in [0.25, 0.3) is 0 Å². The molecule has 2 aromatic carbocycles. The van der Waals surface area contributed by atoms with E-state index in [-0.39, 0.29) is 5.41 Å². The average Bonchev–Trinajstić information content (AvgIpc) is 2.71. The Labute approximate surface area is 174 Å². The van der Waals surface area contributed by atoms with Crippen LogP contribution in [0.15, 0.2) is 83.2 Å². The Bertz CT molecular complexity index is 996. The van der Waals surface area contributed by atoms with Gasteiger partial charge in [-0.05, 0) is 50.5 Å². The van der Waals surface area contributed by atoms with Gasteiger partial charge in [-0.2, -0.15) is 0 Å². The molecule has 29 heavy (non-hydrogen) atoms. The number of hydrogen-bond donors (Lipinski definition) is 2. The summed E-state index contributed by atoms with van der Waals surface area (Å²) in [5, 5.41) is 6.66. The van der Waals surface area contributed by atoms with Crippen LogP contribution in [0.1, 0.15) is 37.0 Å². The number of rotatable bonds is 6. The van der Waals surface area contributed by atoms with Crippen LogP contribution in [-0.4, -0.2) is 13.3 Å². The van der Waals surface area contributed by atoms with E-state index >= 15 is 0 Å². The number of nitrogens with one attached hydrogen (secondary N) is 2. The molecule has 1 atom stereocenters. The molecule has 1 unspecified atom stereocenters. The molecule has 0 saturated heterocycles. The van der Waals surface area contributed by atoms with Crippen molar-refractivity contribution in [3.8, 4) is 0 Å². The minimum absolute atomic E-state index is 0.167. The first-order chi connectivity index (χ1) is 13.9. The number of aryl methyl sites for hydroxylation is 2. The van der Waals surface area contributed by atoms with Crippen molar-refractivity contribution in [2.75, 3.05) is 12.4 Å². The Morgan fingerprint density at radius 1 is 1.07 bits per heavy atom. The second-order valence-electron chi connectivity index (χ2n) is 8.01. The zero-order chi connectivity index (χ0) is 21.0. The van der Waals surface area contributed by atoms with Gasteiger partial charge >= 0.3 is 0 Å². The summed E-state index contributed by atoms with van der Waals surface area (Å²) in [4.78, 5) is 12.2. The third-order valence-electron chi connectivity index (χ3n) is 5.71. The lowest BCUT2D eigenvalue weighted by Gasteiger charge is -2.33. The molecular weight excluding hydrogens is 356 g/mol. The van der Waals surface area contributed by atoms with E-state index in [1.165, 1.54) is 16.7 Å². The Morgan fingerprint density at radius 2 is 1.76 bits per heavy atom. The van der Waals surface area contributed by atoms with Crippen molar-refractivity contribution in [2.24, 2.45) is 0 Å². The van der Waals surface area contributed by atoms with Crippen LogP contribution in [-0.2, 0) is 10.2 Å². The lowest BCUT2D eigenvalue weighted by atomic mass is 9.72. The summed E-state index contributed by atoms with van der Waals surface area (Å²) in [6.07, 6.45) is 6.28. The van der Waals surface area contributed by atoms with Gasteiger partial charge in [-0.15, -0.1) is 0 Å². The summed E-state index contributed by atoms with van der Waals surface area (Å²) in [6.45, 7) is 8.40. The number of allylic oxidation sites excluding steroid dienone is 4. The summed E-state index contributed by atoms with van der Waals surface area (Å²) < 4.78 is 0. The van der Waals surface area contributed by atoms with Gasteiger partial charge < -0.3 is 10.6 Å². The Kier molecular flexibility index (Phi) is 6.07. The van der Waals surface area contributed by atoms with Crippen molar-refractivity contribution in [3.63, 3.8) is 0 Å². The summed E-state index contributed by atoms with van der Waals surface area (Å²) >= 11 is 0. The van der Waals surface area contributed by atoms with Gasteiger partial charge in [-0.3, -0.25) is 4.79 Å². The fourth-order valence-electron chi connectivity index (χ4n) is 4.01. The molecule has 0 aliphatic heterocycles. The quantitative estimate of drug-likeness (QED) is 0.503. The van der Waals surface area contributed by atoms with Gasteiger partial charge in [0.05, 0.1) is 0 Å². The molecule has 0 amide bonds. The van der Waals surface area contributed by atoms with Crippen molar-refractivity contribution in [2.45, 2.75) is 39.5 Å². The van der Waals surface area contributed by atoms with Crippen LogP contribution < -0.4 is 10.6 Å². The molecular formula is C26H30N2O. The average molecular weight is 387 g/mol.